The second-order valence-electron chi connectivity index (χ2n) is 5.04. The van der Waals surface area contributed by atoms with Gasteiger partial charge in [-0.3, -0.25) is 4.79 Å². The van der Waals surface area contributed by atoms with Crippen LogP contribution in [0.1, 0.15) is 5.56 Å². The number of rotatable bonds is 7. The number of methoxy groups -OCH3 is 1. The Balaban J connectivity index is 1.98. The fourth-order valence-electron chi connectivity index (χ4n) is 2.04. The maximum atomic E-state index is 12.0. The van der Waals surface area contributed by atoms with E-state index in [1.807, 2.05) is 18.2 Å². The highest BCUT2D eigenvalue weighted by atomic mass is 35.5. The number of ether oxygens (including phenoxy) is 1. The van der Waals surface area contributed by atoms with E-state index in [4.69, 9.17) is 21.5 Å². The first kappa shape index (κ1) is 19.6. The van der Waals surface area contributed by atoms with Gasteiger partial charge in [0.2, 0.25) is 15.9 Å². The van der Waals surface area contributed by atoms with Crippen LogP contribution in [0.4, 0.5) is 5.69 Å². The molecule has 6 nitrogen and oxygen atoms in total. The van der Waals surface area contributed by atoms with Crippen LogP contribution in [0.25, 0.3) is 0 Å². The summed E-state index contributed by atoms with van der Waals surface area (Å²) < 4.78 is 28.1. The molecule has 25 heavy (non-hydrogen) atoms. The lowest BCUT2D eigenvalue weighted by atomic mass is 10.2. The Morgan fingerprint density at radius 3 is 2.64 bits per heavy atom. The number of hydrogen-bond donors (Lipinski definition) is 2. The molecule has 0 unspecified atom stereocenters. The number of amides is 1. The maximum Gasteiger partial charge on any atom is 0.241 e. The van der Waals surface area contributed by atoms with Crippen LogP contribution in [0.5, 0.6) is 5.75 Å². The third-order valence-electron chi connectivity index (χ3n) is 3.20. The average Bonchev–Trinajstić information content (AvgIpc) is 2.56. The number of anilines is 1. The van der Waals surface area contributed by atoms with Gasteiger partial charge in [-0.1, -0.05) is 29.8 Å². The van der Waals surface area contributed by atoms with E-state index in [9.17, 15) is 13.2 Å². The Hall–Kier alpha value is -1.74. The molecule has 0 heterocycles. The van der Waals surface area contributed by atoms with E-state index in [2.05, 4.69) is 5.32 Å². The lowest BCUT2D eigenvalue weighted by Gasteiger charge is -2.10. The van der Waals surface area contributed by atoms with Gasteiger partial charge in [0, 0.05) is 16.5 Å². The number of benzene rings is 2. The minimum Gasteiger partial charge on any atom is -0.495 e. The maximum absolute atomic E-state index is 12.0. The zero-order valence-electron chi connectivity index (χ0n) is 13.4. The van der Waals surface area contributed by atoms with E-state index in [0.717, 1.165) is 5.56 Å². The molecular weight excluding hydrogens is 384 g/mol. The lowest BCUT2D eigenvalue weighted by molar-refractivity contribution is -0.113. The van der Waals surface area contributed by atoms with Gasteiger partial charge in [-0.2, -0.15) is 0 Å². The predicted molar refractivity (Wildman–Crippen MR) is 101 cm³/mol. The predicted octanol–water partition coefficient (Wildman–Crippen LogP) is 2.87. The topological polar surface area (TPSA) is 98.5 Å². The molecule has 0 aliphatic heterocycles. The van der Waals surface area contributed by atoms with Crippen molar-refractivity contribution in [2.45, 2.75) is 10.6 Å². The quantitative estimate of drug-likeness (QED) is 0.744. The smallest absolute Gasteiger partial charge is 0.241 e. The number of nitrogens with one attached hydrogen (secondary N) is 1. The standard InChI is InChI=1S/C16H17ClN2O4S2/c1-23-14-7-6-12(8-15(14)25(18,21)22)19-16(20)10-24-9-11-4-2-3-5-13(11)17/h2-8H,9-10H2,1H3,(H,19,20)(H2,18,21,22). The summed E-state index contributed by atoms with van der Waals surface area (Å²) in [7, 11) is -2.62. The molecule has 134 valence electrons. The molecule has 0 fully saturated rings. The van der Waals surface area contributed by atoms with Crippen LogP contribution >= 0.6 is 23.4 Å². The molecule has 0 radical (unpaired) electrons. The van der Waals surface area contributed by atoms with Gasteiger partial charge in [-0.05, 0) is 29.8 Å². The molecule has 0 atom stereocenters. The molecule has 0 aliphatic rings. The number of nitrogens with two attached hydrogens (primary N) is 1. The fourth-order valence-corrected chi connectivity index (χ4v) is 3.88. The number of carbonyl (C=O) groups is 1. The molecule has 2 aromatic carbocycles. The highest BCUT2D eigenvalue weighted by Gasteiger charge is 2.16. The number of carbonyl (C=O) groups excluding carboxylic acids is 1. The zero-order valence-corrected chi connectivity index (χ0v) is 15.7. The van der Waals surface area contributed by atoms with Crippen molar-refractivity contribution in [1.29, 1.82) is 0 Å². The van der Waals surface area contributed by atoms with Crippen molar-refractivity contribution in [3.05, 3.63) is 53.1 Å². The summed E-state index contributed by atoms with van der Waals surface area (Å²) in [5.41, 5.74) is 1.27. The molecule has 0 spiro atoms. The summed E-state index contributed by atoms with van der Waals surface area (Å²) >= 11 is 7.46. The molecule has 3 N–H and O–H groups in total. The van der Waals surface area contributed by atoms with E-state index in [-0.39, 0.29) is 22.3 Å². The van der Waals surface area contributed by atoms with Gasteiger partial charge >= 0.3 is 0 Å². The number of halogens is 1. The fraction of sp³-hybridized carbons (Fsp3) is 0.188. The summed E-state index contributed by atoms with van der Waals surface area (Å²) in [6, 6.07) is 11.7. The van der Waals surface area contributed by atoms with Crippen LogP contribution in [-0.4, -0.2) is 27.2 Å². The largest absolute Gasteiger partial charge is 0.495 e. The minimum absolute atomic E-state index is 0.119. The Morgan fingerprint density at radius 2 is 2.00 bits per heavy atom. The van der Waals surface area contributed by atoms with Crippen molar-refractivity contribution >= 4 is 45.0 Å². The van der Waals surface area contributed by atoms with Crippen LogP contribution in [0, 0.1) is 0 Å². The van der Waals surface area contributed by atoms with Crippen LogP contribution in [0.3, 0.4) is 0 Å². The van der Waals surface area contributed by atoms with Crippen LogP contribution in [-0.2, 0) is 20.6 Å². The van der Waals surface area contributed by atoms with Gasteiger partial charge in [0.1, 0.15) is 10.6 Å². The summed E-state index contributed by atoms with van der Waals surface area (Å²) in [4.78, 5) is 11.8. The van der Waals surface area contributed by atoms with Crippen molar-refractivity contribution in [3.8, 4) is 5.75 Å². The highest BCUT2D eigenvalue weighted by Crippen LogP contribution is 2.26. The zero-order chi connectivity index (χ0) is 18.4. The van der Waals surface area contributed by atoms with Crippen LogP contribution in [0.15, 0.2) is 47.4 Å². The molecule has 0 aromatic heterocycles. The van der Waals surface area contributed by atoms with E-state index in [1.54, 1.807) is 12.1 Å². The highest BCUT2D eigenvalue weighted by molar-refractivity contribution is 7.99. The number of sulfonamides is 1. The first-order valence-electron chi connectivity index (χ1n) is 7.13. The normalized spacial score (nSPS) is 11.2. The summed E-state index contributed by atoms with van der Waals surface area (Å²) in [5.74, 6) is 0.649. The van der Waals surface area contributed by atoms with Gasteiger partial charge in [0.25, 0.3) is 0 Å². The van der Waals surface area contributed by atoms with Gasteiger partial charge in [-0.25, -0.2) is 13.6 Å². The summed E-state index contributed by atoms with van der Waals surface area (Å²) in [6.07, 6.45) is 0. The van der Waals surface area contributed by atoms with Crippen molar-refractivity contribution in [2.75, 3.05) is 18.2 Å². The van der Waals surface area contributed by atoms with Gasteiger partial charge in [0.15, 0.2) is 0 Å². The average molecular weight is 401 g/mol. The third kappa shape index (κ3) is 5.64. The van der Waals surface area contributed by atoms with Crippen molar-refractivity contribution in [2.24, 2.45) is 5.14 Å². The first-order chi connectivity index (χ1) is 11.8. The summed E-state index contributed by atoms with van der Waals surface area (Å²) in [5, 5.41) is 8.45. The van der Waals surface area contributed by atoms with Crippen LogP contribution in [0.2, 0.25) is 5.02 Å². The summed E-state index contributed by atoms with van der Waals surface area (Å²) in [6.45, 7) is 0. The first-order valence-corrected chi connectivity index (χ1v) is 10.2. The van der Waals surface area contributed by atoms with Gasteiger partial charge in [0.05, 0.1) is 12.9 Å². The third-order valence-corrected chi connectivity index (χ3v) is 5.48. The molecular formula is C16H17ClN2O4S2. The minimum atomic E-state index is -3.96. The van der Waals surface area contributed by atoms with E-state index >= 15 is 0 Å². The lowest BCUT2D eigenvalue weighted by Crippen LogP contribution is -2.17. The van der Waals surface area contributed by atoms with Crippen molar-refractivity contribution in [1.82, 2.24) is 0 Å². The Kier molecular flexibility index (Phi) is 6.71. The molecule has 9 heteroatoms. The van der Waals surface area contributed by atoms with Crippen LogP contribution < -0.4 is 15.2 Å². The molecule has 1 amide bonds. The van der Waals surface area contributed by atoms with Gasteiger partial charge < -0.3 is 10.1 Å². The second kappa shape index (κ2) is 8.57. The van der Waals surface area contributed by atoms with E-state index < -0.39 is 10.0 Å². The monoisotopic (exact) mass is 400 g/mol. The van der Waals surface area contributed by atoms with Crippen molar-refractivity contribution < 1.29 is 17.9 Å². The van der Waals surface area contributed by atoms with E-state index in [0.29, 0.717) is 16.5 Å². The Labute approximate surface area is 155 Å². The van der Waals surface area contributed by atoms with Gasteiger partial charge in [-0.15, -0.1) is 11.8 Å². The second-order valence-corrected chi connectivity index (χ2v) is 7.97. The molecule has 0 saturated heterocycles. The number of primary sulfonamides is 1. The SMILES string of the molecule is COc1ccc(NC(=O)CSCc2ccccc2Cl)cc1S(N)(=O)=O. The molecule has 0 bridgehead atoms. The molecule has 2 aromatic rings. The van der Waals surface area contributed by atoms with E-state index in [1.165, 1.54) is 31.0 Å². The molecule has 0 saturated carbocycles. The number of thioether (sulfide) groups is 1. The number of hydrogen-bond acceptors (Lipinski definition) is 5. The molecule has 0 aliphatic carbocycles. The molecule has 2 rings (SSSR count). The Morgan fingerprint density at radius 1 is 1.28 bits per heavy atom. The Bertz CT molecular complexity index is 872. The van der Waals surface area contributed by atoms with Crippen molar-refractivity contribution in [3.63, 3.8) is 0 Å².